The number of H-pyrrole nitrogens is 1. The third kappa shape index (κ3) is 3.87. The van der Waals surface area contributed by atoms with Gasteiger partial charge in [0.1, 0.15) is 5.75 Å². The third-order valence-corrected chi connectivity index (χ3v) is 5.85. The molecule has 3 aromatic rings. The molecule has 4 rings (SSSR count). The molecule has 0 saturated carbocycles. The van der Waals surface area contributed by atoms with E-state index in [2.05, 4.69) is 42.4 Å². The van der Waals surface area contributed by atoms with Gasteiger partial charge in [-0.1, -0.05) is 43.3 Å². The number of methoxy groups -OCH3 is 1. The van der Waals surface area contributed by atoms with Crippen LogP contribution >= 0.6 is 0 Å². The van der Waals surface area contributed by atoms with Gasteiger partial charge in [-0.2, -0.15) is 0 Å². The highest BCUT2D eigenvalue weighted by Crippen LogP contribution is 2.38. The van der Waals surface area contributed by atoms with Crippen molar-refractivity contribution in [3.63, 3.8) is 0 Å². The van der Waals surface area contributed by atoms with Crippen LogP contribution in [0.25, 0.3) is 10.9 Å². The van der Waals surface area contributed by atoms with Crippen molar-refractivity contribution in [3.8, 4) is 5.75 Å². The Bertz CT molecular complexity index is 989. The minimum atomic E-state index is -0.0812. The van der Waals surface area contributed by atoms with Gasteiger partial charge in [0.15, 0.2) is 0 Å². The van der Waals surface area contributed by atoms with Crippen molar-refractivity contribution in [2.45, 2.75) is 25.7 Å². The predicted octanol–water partition coefficient (Wildman–Crippen LogP) is 4.12. The van der Waals surface area contributed by atoms with E-state index in [-0.39, 0.29) is 11.8 Å². The van der Waals surface area contributed by atoms with E-state index in [9.17, 15) is 4.79 Å². The smallest absolute Gasteiger partial charge is 0.223 e. The Kier molecular flexibility index (Phi) is 5.86. The second kappa shape index (κ2) is 8.70. The van der Waals surface area contributed by atoms with Gasteiger partial charge in [-0.3, -0.25) is 4.79 Å². The number of para-hydroxylation sites is 2. The van der Waals surface area contributed by atoms with E-state index in [0.717, 1.165) is 28.8 Å². The molecule has 1 amide bonds. The number of aromatic nitrogens is 1. The lowest BCUT2D eigenvalue weighted by atomic mass is 9.86. The Morgan fingerprint density at radius 3 is 2.69 bits per heavy atom. The molecule has 0 aliphatic carbocycles. The van der Waals surface area contributed by atoms with Gasteiger partial charge in [-0.25, -0.2) is 0 Å². The molecule has 1 atom stereocenters. The molecule has 0 spiro atoms. The van der Waals surface area contributed by atoms with E-state index in [4.69, 9.17) is 9.47 Å². The van der Waals surface area contributed by atoms with E-state index in [1.165, 1.54) is 10.9 Å². The summed E-state index contributed by atoms with van der Waals surface area (Å²) >= 11 is 0. The van der Waals surface area contributed by atoms with Gasteiger partial charge in [-0.05, 0) is 23.6 Å². The molecule has 152 valence electrons. The molecule has 1 aliphatic rings. The van der Waals surface area contributed by atoms with Gasteiger partial charge >= 0.3 is 0 Å². The molecule has 29 heavy (non-hydrogen) atoms. The summed E-state index contributed by atoms with van der Waals surface area (Å²) in [7, 11) is 1.68. The van der Waals surface area contributed by atoms with Crippen molar-refractivity contribution in [1.29, 1.82) is 0 Å². The maximum Gasteiger partial charge on any atom is 0.223 e. The zero-order chi connectivity index (χ0) is 20.2. The number of benzene rings is 2. The topological polar surface area (TPSA) is 54.6 Å². The fourth-order valence-corrected chi connectivity index (χ4v) is 4.28. The van der Waals surface area contributed by atoms with Gasteiger partial charge in [0.2, 0.25) is 5.91 Å². The minimum Gasteiger partial charge on any atom is -0.496 e. The molecule has 1 aromatic heterocycles. The molecule has 0 unspecified atom stereocenters. The number of hydrogen-bond acceptors (Lipinski definition) is 3. The summed E-state index contributed by atoms with van der Waals surface area (Å²) < 4.78 is 11.1. The van der Waals surface area contributed by atoms with Crippen LogP contribution in [0.2, 0.25) is 0 Å². The summed E-state index contributed by atoms with van der Waals surface area (Å²) in [5, 5.41) is 1.18. The molecule has 2 heterocycles. The van der Waals surface area contributed by atoms with Crippen LogP contribution in [0.1, 0.15) is 36.0 Å². The lowest BCUT2D eigenvalue weighted by Gasteiger charge is -2.29. The number of fused-ring (bicyclic) bond motifs is 1. The minimum absolute atomic E-state index is 0.0812. The zero-order valence-electron chi connectivity index (χ0n) is 17.1. The average molecular weight is 392 g/mol. The van der Waals surface area contributed by atoms with Crippen LogP contribution in [-0.2, 0) is 16.0 Å². The Hall–Kier alpha value is -2.79. The van der Waals surface area contributed by atoms with Crippen molar-refractivity contribution in [3.05, 3.63) is 65.4 Å². The Morgan fingerprint density at radius 2 is 1.93 bits per heavy atom. The number of carbonyl (C=O) groups excluding carboxylic acids is 1. The molecule has 5 nitrogen and oxygen atoms in total. The summed E-state index contributed by atoms with van der Waals surface area (Å²) in [6.45, 7) is 4.70. The Morgan fingerprint density at radius 1 is 1.14 bits per heavy atom. The van der Waals surface area contributed by atoms with Crippen LogP contribution in [-0.4, -0.2) is 49.2 Å². The first-order valence-electron chi connectivity index (χ1n) is 10.3. The number of rotatable bonds is 6. The molecule has 2 aromatic carbocycles. The average Bonchev–Trinajstić information content (AvgIpc) is 3.22. The molecule has 5 heteroatoms. The number of carbonyl (C=O) groups is 1. The van der Waals surface area contributed by atoms with Crippen molar-refractivity contribution in [1.82, 2.24) is 9.88 Å². The van der Waals surface area contributed by atoms with Gasteiger partial charge in [0.25, 0.3) is 0 Å². The van der Waals surface area contributed by atoms with E-state index in [1.54, 1.807) is 7.11 Å². The first kappa shape index (κ1) is 19.5. The first-order chi connectivity index (χ1) is 14.2. The fraction of sp³-hybridized carbons (Fsp3) is 0.375. The third-order valence-electron chi connectivity index (χ3n) is 5.85. The first-order valence-corrected chi connectivity index (χ1v) is 10.3. The molecule has 1 saturated heterocycles. The van der Waals surface area contributed by atoms with Crippen molar-refractivity contribution in [2.75, 3.05) is 33.4 Å². The van der Waals surface area contributed by atoms with E-state index in [1.807, 2.05) is 23.1 Å². The maximum atomic E-state index is 13.2. The van der Waals surface area contributed by atoms with Crippen LogP contribution in [0.3, 0.4) is 0 Å². The molecule has 0 radical (unpaired) electrons. The highest BCUT2D eigenvalue weighted by atomic mass is 16.5. The molecular formula is C24H28N2O3. The quantitative estimate of drug-likeness (QED) is 0.687. The number of ether oxygens (including phenoxy) is 2. The standard InChI is InChI=1S/C24H28N2O3/c1-3-17-7-6-9-19-21(16-25-24(17)19)20(18-8-4-5-10-22(18)28-2)15-23(27)26-11-13-29-14-12-26/h4-10,16,20,25H,3,11-15H2,1-2H3/t20-/m1/s1. The number of amides is 1. The highest BCUT2D eigenvalue weighted by Gasteiger charge is 2.27. The number of aryl methyl sites for hydroxylation is 1. The van der Waals surface area contributed by atoms with Gasteiger partial charge in [-0.15, -0.1) is 0 Å². The van der Waals surface area contributed by atoms with Crippen molar-refractivity contribution >= 4 is 16.8 Å². The van der Waals surface area contributed by atoms with Crippen molar-refractivity contribution in [2.24, 2.45) is 0 Å². The number of nitrogens with one attached hydrogen (secondary N) is 1. The lowest BCUT2D eigenvalue weighted by Crippen LogP contribution is -2.41. The second-order valence-corrected chi connectivity index (χ2v) is 7.43. The fourth-order valence-electron chi connectivity index (χ4n) is 4.28. The largest absolute Gasteiger partial charge is 0.496 e. The predicted molar refractivity (Wildman–Crippen MR) is 115 cm³/mol. The zero-order valence-corrected chi connectivity index (χ0v) is 17.1. The summed E-state index contributed by atoms with van der Waals surface area (Å²) in [4.78, 5) is 18.5. The van der Waals surface area contributed by atoms with E-state index < -0.39 is 0 Å². The van der Waals surface area contributed by atoms with E-state index in [0.29, 0.717) is 32.7 Å². The van der Waals surface area contributed by atoms with Gasteiger partial charge in [0.05, 0.1) is 20.3 Å². The van der Waals surface area contributed by atoms with Crippen LogP contribution in [0.5, 0.6) is 5.75 Å². The normalized spacial score (nSPS) is 15.4. The number of aromatic amines is 1. The van der Waals surface area contributed by atoms with Crippen LogP contribution < -0.4 is 4.74 Å². The maximum absolute atomic E-state index is 13.2. The Balaban J connectivity index is 1.77. The summed E-state index contributed by atoms with van der Waals surface area (Å²) in [6, 6.07) is 14.4. The lowest BCUT2D eigenvalue weighted by molar-refractivity contribution is -0.135. The molecule has 0 bridgehead atoms. The molecule has 1 fully saturated rings. The van der Waals surface area contributed by atoms with Crippen LogP contribution in [0.4, 0.5) is 0 Å². The summed E-state index contributed by atoms with van der Waals surface area (Å²) in [5.41, 5.74) is 4.62. The van der Waals surface area contributed by atoms with Gasteiger partial charge < -0.3 is 19.4 Å². The second-order valence-electron chi connectivity index (χ2n) is 7.43. The monoisotopic (exact) mass is 392 g/mol. The van der Waals surface area contributed by atoms with Crippen molar-refractivity contribution < 1.29 is 14.3 Å². The number of hydrogen-bond donors (Lipinski definition) is 1. The van der Waals surface area contributed by atoms with E-state index >= 15 is 0 Å². The SMILES string of the molecule is CCc1cccc2c([C@H](CC(=O)N3CCOCC3)c3ccccc3OC)c[nH]c12. The molecule has 1 N–H and O–H groups in total. The van der Waals surface area contributed by atoms with Gasteiger partial charge in [0, 0.05) is 48.1 Å². The Labute approximate surface area is 171 Å². The van der Waals surface area contributed by atoms with Crippen LogP contribution in [0, 0.1) is 0 Å². The number of nitrogens with zero attached hydrogens (tertiary/aromatic N) is 1. The number of morpholine rings is 1. The van der Waals surface area contributed by atoms with Crippen LogP contribution in [0.15, 0.2) is 48.7 Å². The molecular weight excluding hydrogens is 364 g/mol. The summed E-state index contributed by atoms with van der Waals surface area (Å²) in [5.74, 6) is 0.890. The highest BCUT2D eigenvalue weighted by molar-refractivity contribution is 5.88. The summed E-state index contributed by atoms with van der Waals surface area (Å²) in [6.07, 6.45) is 3.43. The molecule has 1 aliphatic heterocycles.